The largest absolute Gasteiger partial charge is 0.486 e. The van der Waals surface area contributed by atoms with Gasteiger partial charge in [0.05, 0.1) is 22.3 Å². The van der Waals surface area contributed by atoms with Crippen molar-refractivity contribution in [2.75, 3.05) is 6.54 Å². The minimum atomic E-state index is -0.909. The second-order valence-corrected chi connectivity index (χ2v) is 12.3. The highest BCUT2D eigenvalue weighted by atomic mass is 35.5. The molecule has 0 saturated heterocycles. The first-order valence-corrected chi connectivity index (χ1v) is 14.2. The number of fused-ring (bicyclic) bond motifs is 4. The van der Waals surface area contributed by atoms with E-state index in [0.717, 1.165) is 24.8 Å². The highest BCUT2D eigenvalue weighted by Gasteiger charge is 2.51. The van der Waals surface area contributed by atoms with E-state index in [1.807, 2.05) is 37.3 Å². The summed E-state index contributed by atoms with van der Waals surface area (Å²) in [5, 5.41) is 23.8. The lowest BCUT2D eigenvalue weighted by atomic mass is 9.82. The summed E-state index contributed by atoms with van der Waals surface area (Å²) >= 11 is 6.58. The fourth-order valence-electron chi connectivity index (χ4n) is 6.72. The topological polar surface area (TPSA) is 74.5 Å². The number of halogens is 3. The standard InChI is InChI=1S/C32H29ClF2N2O3/c1-31(38)9-7-19(8-10-31)37-16-32(18-5-3-2-4-6-18)14-22-25(40-32)13-23(34)28(33)27(22)26-17(15-36)11-21-20-12-24(20)39-30(21)29(26)35/h2-6,11,13,19-20,24,37-38H,7-10,12,14,16H2,1H3/t19?,20?,24?,31?,32-/m1/s1. The van der Waals surface area contributed by atoms with Crippen molar-refractivity contribution in [2.45, 2.75) is 74.7 Å². The van der Waals surface area contributed by atoms with Crippen LogP contribution < -0.4 is 14.8 Å². The fourth-order valence-corrected chi connectivity index (χ4v) is 6.98. The van der Waals surface area contributed by atoms with E-state index in [1.54, 1.807) is 6.07 Å². The second-order valence-electron chi connectivity index (χ2n) is 12.0. The van der Waals surface area contributed by atoms with Gasteiger partial charge in [-0.2, -0.15) is 5.26 Å². The maximum atomic E-state index is 16.1. The molecule has 3 aromatic carbocycles. The van der Waals surface area contributed by atoms with Gasteiger partial charge in [0.2, 0.25) is 0 Å². The summed E-state index contributed by atoms with van der Waals surface area (Å²) in [5.41, 5.74) is 0.783. The van der Waals surface area contributed by atoms with Crippen molar-refractivity contribution in [1.82, 2.24) is 5.32 Å². The highest BCUT2D eigenvalue weighted by Crippen LogP contribution is 2.57. The van der Waals surface area contributed by atoms with Crippen molar-refractivity contribution in [3.8, 4) is 28.7 Å². The van der Waals surface area contributed by atoms with Crippen molar-refractivity contribution >= 4 is 11.6 Å². The van der Waals surface area contributed by atoms with E-state index < -0.39 is 22.8 Å². The lowest BCUT2D eigenvalue weighted by Gasteiger charge is -2.36. The predicted molar refractivity (Wildman–Crippen MR) is 147 cm³/mol. The molecule has 0 amide bonds. The van der Waals surface area contributed by atoms with Gasteiger partial charge < -0.3 is 19.9 Å². The quantitative estimate of drug-likeness (QED) is 0.370. The van der Waals surface area contributed by atoms with Crippen molar-refractivity contribution in [2.24, 2.45) is 0 Å². The molecule has 2 aliphatic carbocycles. The summed E-state index contributed by atoms with van der Waals surface area (Å²) in [6.07, 6.45) is 4.09. The fraction of sp³-hybridized carbons (Fsp3) is 0.406. The maximum Gasteiger partial charge on any atom is 0.174 e. The van der Waals surface area contributed by atoms with Crippen molar-refractivity contribution in [1.29, 1.82) is 5.26 Å². The number of ether oxygens (including phenoxy) is 2. The first kappa shape index (κ1) is 25.8. The third-order valence-electron chi connectivity index (χ3n) is 9.11. The SMILES string of the molecule is CC1(O)CCC(NC[C@@]2(c3ccccc3)Cc3c(cc(F)c(Cl)c3-c3c(C#N)cc4c(c3F)OC3CC43)O2)CC1. The van der Waals surface area contributed by atoms with Gasteiger partial charge >= 0.3 is 0 Å². The van der Waals surface area contributed by atoms with Gasteiger partial charge in [0.15, 0.2) is 17.2 Å². The Labute approximate surface area is 236 Å². The van der Waals surface area contributed by atoms with Gasteiger partial charge in [-0.25, -0.2) is 8.78 Å². The Balaban J connectivity index is 1.31. The van der Waals surface area contributed by atoms with Crippen LogP contribution in [0.3, 0.4) is 0 Å². The van der Waals surface area contributed by atoms with E-state index in [1.165, 1.54) is 6.07 Å². The van der Waals surface area contributed by atoms with E-state index in [0.29, 0.717) is 36.9 Å². The molecule has 206 valence electrons. The third-order valence-corrected chi connectivity index (χ3v) is 9.48. The van der Waals surface area contributed by atoms with E-state index >= 15 is 8.78 Å². The molecule has 2 fully saturated rings. The molecule has 40 heavy (non-hydrogen) atoms. The first-order valence-electron chi connectivity index (χ1n) is 13.8. The smallest absolute Gasteiger partial charge is 0.174 e. The minimum Gasteiger partial charge on any atom is -0.486 e. The Kier molecular flexibility index (Phi) is 5.91. The Morgan fingerprint density at radius 1 is 1.15 bits per heavy atom. The van der Waals surface area contributed by atoms with Crippen molar-refractivity contribution in [3.05, 3.63) is 81.4 Å². The van der Waals surface area contributed by atoms with Gasteiger partial charge in [-0.15, -0.1) is 0 Å². The van der Waals surface area contributed by atoms with E-state index in [-0.39, 0.29) is 51.3 Å². The summed E-state index contributed by atoms with van der Waals surface area (Å²) in [4.78, 5) is 0. The van der Waals surface area contributed by atoms with Crippen LogP contribution in [0.25, 0.3) is 11.1 Å². The second kappa shape index (κ2) is 9.17. The average molecular weight is 563 g/mol. The molecular formula is C32H29ClF2N2O3. The van der Waals surface area contributed by atoms with Gasteiger partial charge in [0.25, 0.3) is 0 Å². The normalized spacial score (nSPS) is 29.6. The first-order chi connectivity index (χ1) is 19.2. The summed E-state index contributed by atoms with van der Waals surface area (Å²) in [7, 11) is 0. The van der Waals surface area contributed by atoms with Crippen LogP contribution in [0.4, 0.5) is 8.78 Å². The molecule has 2 heterocycles. The summed E-state index contributed by atoms with van der Waals surface area (Å²) in [6, 6.07) is 14.9. The van der Waals surface area contributed by atoms with Gasteiger partial charge in [-0.05, 0) is 50.7 Å². The van der Waals surface area contributed by atoms with Crippen LogP contribution in [-0.4, -0.2) is 29.4 Å². The molecule has 7 rings (SSSR count). The molecule has 8 heteroatoms. The van der Waals surface area contributed by atoms with Crippen LogP contribution in [0.15, 0.2) is 42.5 Å². The molecule has 0 spiro atoms. The molecule has 0 aromatic heterocycles. The van der Waals surface area contributed by atoms with Crippen LogP contribution in [0.5, 0.6) is 11.5 Å². The number of benzene rings is 3. The Bertz CT molecular complexity index is 1560. The van der Waals surface area contributed by atoms with Gasteiger partial charge in [0.1, 0.15) is 17.7 Å². The van der Waals surface area contributed by atoms with Gasteiger partial charge in [0, 0.05) is 53.2 Å². The number of nitriles is 1. The molecule has 2 saturated carbocycles. The molecule has 3 atom stereocenters. The number of hydrogen-bond acceptors (Lipinski definition) is 5. The highest BCUT2D eigenvalue weighted by molar-refractivity contribution is 6.34. The summed E-state index contributed by atoms with van der Waals surface area (Å²) < 4.78 is 43.9. The zero-order chi connectivity index (χ0) is 27.8. The number of rotatable bonds is 5. The van der Waals surface area contributed by atoms with Crippen molar-refractivity contribution in [3.63, 3.8) is 0 Å². The summed E-state index contributed by atoms with van der Waals surface area (Å²) in [6.45, 7) is 2.29. The average Bonchev–Trinajstić information content (AvgIpc) is 3.48. The maximum absolute atomic E-state index is 16.1. The van der Waals surface area contributed by atoms with Crippen LogP contribution in [0.2, 0.25) is 5.02 Å². The molecule has 2 unspecified atom stereocenters. The van der Waals surface area contributed by atoms with Gasteiger partial charge in [-0.3, -0.25) is 0 Å². The monoisotopic (exact) mass is 562 g/mol. The Hall–Kier alpha value is -3.18. The molecule has 5 nitrogen and oxygen atoms in total. The Morgan fingerprint density at radius 3 is 2.62 bits per heavy atom. The van der Waals surface area contributed by atoms with Gasteiger partial charge in [-0.1, -0.05) is 41.9 Å². The van der Waals surface area contributed by atoms with Crippen LogP contribution in [-0.2, 0) is 12.0 Å². The summed E-state index contributed by atoms with van der Waals surface area (Å²) in [5.74, 6) is -0.910. The van der Waals surface area contributed by atoms with Crippen molar-refractivity contribution < 1.29 is 23.4 Å². The minimum absolute atomic E-state index is 0.0433. The third kappa shape index (κ3) is 4.08. The molecule has 0 radical (unpaired) electrons. The lowest BCUT2D eigenvalue weighted by Crippen LogP contribution is -2.48. The van der Waals surface area contributed by atoms with E-state index in [4.69, 9.17) is 21.1 Å². The zero-order valence-electron chi connectivity index (χ0n) is 22.1. The molecule has 2 aliphatic heterocycles. The molecule has 2 N–H and O–H groups in total. The van der Waals surface area contributed by atoms with Crippen LogP contribution >= 0.6 is 11.6 Å². The molecule has 4 aliphatic rings. The van der Waals surface area contributed by atoms with E-state index in [2.05, 4.69) is 11.4 Å². The molecule has 3 aromatic rings. The lowest BCUT2D eigenvalue weighted by molar-refractivity contribution is 0.0104. The zero-order valence-corrected chi connectivity index (χ0v) is 22.8. The van der Waals surface area contributed by atoms with Crippen LogP contribution in [0.1, 0.15) is 67.2 Å². The van der Waals surface area contributed by atoms with Crippen LogP contribution in [0, 0.1) is 23.0 Å². The Morgan fingerprint density at radius 2 is 1.90 bits per heavy atom. The van der Waals surface area contributed by atoms with E-state index in [9.17, 15) is 10.4 Å². The molecule has 0 bridgehead atoms. The molecular weight excluding hydrogens is 534 g/mol. The number of hydrogen-bond donors (Lipinski definition) is 2. The number of nitrogens with zero attached hydrogens (tertiary/aromatic N) is 1. The predicted octanol–water partition coefficient (Wildman–Crippen LogP) is 6.52. The number of aliphatic hydroxyl groups is 1. The number of nitrogens with one attached hydrogen (secondary N) is 1.